The van der Waals surface area contributed by atoms with Crippen LogP contribution in [0, 0.1) is 23.7 Å². The molecule has 0 bridgehead atoms. The minimum absolute atomic E-state index is 0.105. The number of hydrogen-bond donors (Lipinski definition) is 3. The van der Waals surface area contributed by atoms with Gasteiger partial charge in [-0.15, -0.1) is 0 Å². The molecule has 552 valence electrons. The van der Waals surface area contributed by atoms with Gasteiger partial charge in [-0.2, -0.15) is 0 Å². The zero-order valence-electron chi connectivity index (χ0n) is 60.9. The predicted octanol–water partition coefficient (Wildman–Crippen LogP) is 21.3. The van der Waals surface area contributed by atoms with E-state index in [-0.39, 0.29) is 25.7 Å². The molecule has 0 heterocycles. The molecular weight excluding hydrogens is 1220 g/mol. The number of carbonyl (C=O) groups is 4. The summed E-state index contributed by atoms with van der Waals surface area (Å²) < 4.78 is 68.4. The quantitative estimate of drug-likeness (QED) is 0.0222. The number of phosphoric acid groups is 2. The summed E-state index contributed by atoms with van der Waals surface area (Å²) in [5.74, 6) is 0.899. The summed E-state index contributed by atoms with van der Waals surface area (Å²) >= 11 is 0. The number of rotatable bonds is 71. The summed E-state index contributed by atoms with van der Waals surface area (Å²) in [7, 11) is -9.91. The molecule has 19 heteroatoms. The van der Waals surface area contributed by atoms with Gasteiger partial charge in [0.2, 0.25) is 0 Å². The highest BCUT2D eigenvalue weighted by Crippen LogP contribution is 2.45. The van der Waals surface area contributed by atoms with Gasteiger partial charge >= 0.3 is 39.5 Å². The number of esters is 4. The minimum Gasteiger partial charge on any atom is -0.462 e. The van der Waals surface area contributed by atoms with Gasteiger partial charge in [0.1, 0.15) is 19.3 Å². The topological polar surface area (TPSA) is 237 Å². The van der Waals surface area contributed by atoms with E-state index in [9.17, 15) is 43.2 Å². The molecular formula is C74H144O17P2. The van der Waals surface area contributed by atoms with Crippen LogP contribution in [0.5, 0.6) is 0 Å². The van der Waals surface area contributed by atoms with Gasteiger partial charge in [0.05, 0.1) is 26.4 Å². The van der Waals surface area contributed by atoms with Crippen LogP contribution in [-0.4, -0.2) is 96.7 Å². The molecule has 0 fully saturated rings. The van der Waals surface area contributed by atoms with Gasteiger partial charge in [0.25, 0.3) is 0 Å². The number of phosphoric ester groups is 2. The van der Waals surface area contributed by atoms with E-state index in [4.69, 9.17) is 37.0 Å². The number of hydrogen-bond acceptors (Lipinski definition) is 15. The molecule has 0 aliphatic heterocycles. The molecule has 0 aromatic carbocycles. The van der Waals surface area contributed by atoms with Crippen molar-refractivity contribution in [2.75, 3.05) is 39.6 Å². The first-order chi connectivity index (χ1) is 44.6. The van der Waals surface area contributed by atoms with E-state index in [2.05, 4.69) is 55.4 Å². The Hall–Kier alpha value is -1.94. The van der Waals surface area contributed by atoms with Crippen molar-refractivity contribution >= 4 is 39.5 Å². The first-order valence-corrected chi connectivity index (χ1v) is 41.2. The lowest BCUT2D eigenvalue weighted by Gasteiger charge is -2.21. The van der Waals surface area contributed by atoms with Crippen LogP contribution in [0.2, 0.25) is 0 Å². The fourth-order valence-electron chi connectivity index (χ4n) is 11.2. The van der Waals surface area contributed by atoms with Gasteiger partial charge in [-0.1, -0.05) is 319 Å². The molecule has 0 saturated heterocycles. The fourth-order valence-corrected chi connectivity index (χ4v) is 12.7. The van der Waals surface area contributed by atoms with Crippen molar-refractivity contribution < 1.29 is 80.2 Å². The number of unbranched alkanes of at least 4 members (excludes halogenated alkanes) is 36. The SMILES string of the molecule is CCC(C)CCCCCCCCCCCCC(=O)O[C@H](COC(=O)CCCCCCCCC(C)C)COP(=O)(O)OC[C@H](O)COP(=O)(O)OC[C@@H](COC(=O)CCCCCCCCCCCCCCCCCC(C)C)OC(=O)CCCCCCCCCCCC(C)C. The molecule has 0 spiro atoms. The van der Waals surface area contributed by atoms with Crippen molar-refractivity contribution in [1.82, 2.24) is 0 Å². The standard InChI is InChI=1S/C74H144O17P2/c1-9-67(8)53-45-37-28-22-17-18-24-30-40-48-56-73(78)91-70(61-85-72(77)55-47-39-33-32-36-44-52-66(6)7)63-89-93(82,83)87-59-68(75)58-86-92(80,81)88-62-69(90-74(79)57-49-41-31-25-19-21-27-35-43-51-65(4)5)60-84-71(76)54-46-38-29-23-16-14-12-10-11-13-15-20-26-34-42-50-64(2)3/h64-70,75H,9-63H2,1-8H3,(H,80,81)(H,82,83)/t67?,68-,69-,70-/m1/s1. The molecule has 0 aromatic heterocycles. The highest BCUT2D eigenvalue weighted by Gasteiger charge is 2.30. The maximum Gasteiger partial charge on any atom is 0.472 e. The summed E-state index contributed by atoms with van der Waals surface area (Å²) in [6, 6.07) is 0. The van der Waals surface area contributed by atoms with Gasteiger partial charge in [-0.05, 0) is 49.4 Å². The molecule has 0 aliphatic carbocycles. The van der Waals surface area contributed by atoms with Crippen LogP contribution < -0.4 is 0 Å². The van der Waals surface area contributed by atoms with E-state index < -0.39 is 97.5 Å². The van der Waals surface area contributed by atoms with Crippen molar-refractivity contribution in [3.8, 4) is 0 Å². The maximum atomic E-state index is 13.1. The average Bonchev–Trinajstić information content (AvgIpc) is 1.97. The molecule has 3 unspecified atom stereocenters. The summed E-state index contributed by atoms with van der Waals surface area (Å²) in [6.45, 7) is 14.1. The van der Waals surface area contributed by atoms with E-state index in [1.165, 1.54) is 167 Å². The van der Waals surface area contributed by atoms with Crippen LogP contribution in [0.4, 0.5) is 0 Å². The molecule has 0 radical (unpaired) electrons. The van der Waals surface area contributed by atoms with E-state index >= 15 is 0 Å². The molecule has 93 heavy (non-hydrogen) atoms. The van der Waals surface area contributed by atoms with Gasteiger partial charge in [0.15, 0.2) is 12.2 Å². The normalized spacial score (nSPS) is 14.5. The Bertz CT molecular complexity index is 1840. The number of carbonyl (C=O) groups excluding carboxylic acids is 4. The summed E-state index contributed by atoms with van der Waals surface area (Å²) in [5, 5.41) is 10.6. The van der Waals surface area contributed by atoms with E-state index in [0.717, 1.165) is 114 Å². The van der Waals surface area contributed by atoms with E-state index in [0.29, 0.717) is 31.6 Å². The molecule has 0 aromatic rings. The van der Waals surface area contributed by atoms with Gasteiger partial charge in [-0.3, -0.25) is 37.3 Å². The fraction of sp³-hybridized carbons (Fsp3) is 0.946. The second kappa shape index (κ2) is 63.5. The maximum absolute atomic E-state index is 13.1. The van der Waals surface area contributed by atoms with Crippen molar-refractivity contribution in [3.63, 3.8) is 0 Å². The third-order valence-electron chi connectivity index (χ3n) is 17.4. The van der Waals surface area contributed by atoms with Crippen molar-refractivity contribution in [3.05, 3.63) is 0 Å². The smallest absolute Gasteiger partial charge is 0.462 e. The van der Waals surface area contributed by atoms with E-state index in [1.54, 1.807) is 0 Å². The molecule has 17 nitrogen and oxygen atoms in total. The first-order valence-electron chi connectivity index (χ1n) is 38.2. The second-order valence-corrected chi connectivity index (χ2v) is 31.3. The molecule has 0 rings (SSSR count). The molecule has 0 saturated carbocycles. The Morgan fingerprint density at radius 1 is 0.301 bits per heavy atom. The third-order valence-corrected chi connectivity index (χ3v) is 19.3. The average molecular weight is 1370 g/mol. The van der Waals surface area contributed by atoms with Gasteiger partial charge in [-0.25, -0.2) is 9.13 Å². The Morgan fingerprint density at radius 2 is 0.516 bits per heavy atom. The Balaban J connectivity index is 5.21. The van der Waals surface area contributed by atoms with Crippen LogP contribution in [0.15, 0.2) is 0 Å². The van der Waals surface area contributed by atoms with Crippen molar-refractivity contribution in [2.45, 2.75) is 388 Å². The lowest BCUT2D eigenvalue weighted by atomic mass is 9.99. The molecule has 6 atom stereocenters. The van der Waals surface area contributed by atoms with Crippen LogP contribution in [0.25, 0.3) is 0 Å². The predicted molar refractivity (Wildman–Crippen MR) is 377 cm³/mol. The van der Waals surface area contributed by atoms with Crippen molar-refractivity contribution in [1.29, 1.82) is 0 Å². The number of ether oxygens (including phenoxy) is 4. The minimum atomic E-state index is -4.96. The Morgan fingerprint density at radius 3 is 0.763 bits per heavy atom. The van der Waals surface area contributed by atoms with Crippen molar-refractivity contribution in [2.24, 2.45) is 23.7 Å². The first kappa shape index (κ1) is 91.1. The summed E-state index contributed by atoms with van der Waals surface area (Å²) in [4.78, 5) is 72.7. The summed E-state index contributed by atoms with van der Waals surface area (Å²) in [6.07, 6.45) is 47.3. The highest BCUT2D eigenvalue weighted by atomic mass is 31.2. The van der Waals surface area contributed by atoms with E-state index in [1.807, 2.05) is 0 Å². The Kier molecular flexibility index (Phi) is 62.2. The van der Waals surface area contributed by atoms with Crippen LogP contribution >= 0.6 is 15.6 Å². The zero-order chi connectivity index (χ0) is 68.9. The van der Waals surface area contributed by atoms with Crippen LogP contribution in [-0.2, 0) is 65.4 Å². The van der Waals surface area contributed by atoms with Crippen LogP contribution in [0.3, 0.4) is 0 Å². The molecule has 3 N–H and O–H groups in total. The Labute approximate surface area is 568 Å². The van der Waals surface area contributed by atoms with Crippen LogP contribution in [0.1, 0.15) is 370 Å². The molecule has 0 aliphatic rings. The lowest BCUT2D eigenvalue weighted by molar-refractivity contribution is -0.161. The molecule has 0 amide bonds. The number of aliphatic hydroxyl groups excluding tert-OH is 1. The lowest BCUT2D eigenvalue weighted by Crippen LogP contribution is -2.30. The zero-order valence-corrected chi connectivity index (χ0v) is 62.7. The van der Waals surface area contributed by atoms with Gasteiger partial charge in [0, 0.05) is 25.7 Å². The highest BCUT2D eigenvalue weighted by molar-refractivity contribution is 7.47. The van der Waals surface area contributed by atoms with Gasteiger partial charge < -0.3 is 33.8 Å². The number of aliphatic hydroxyl groups is 1. The monoisotopic (exact) mass is 1370 g/mol. The third kappa shape index (κ3) is 67.0. The summed E-state index contributed by atoms with van der Waals surface area (Å²) in [5.41, 5.74) is 0. The largest absolute Gasteiger partial charge is 0.472 e. The second-order valence-electron chi connectivity index (χ2n) is 28.4.